The van der Waals surface area contributed by atoms with Crippen LogP contribution in [0.1, 0.15) is 28.7 Å². The predicted octanol–water partition coefficient (Wildman–Crippen LogP) is 5.46. The van der Waals surface area contributed by atoms with Crippen LogP contribution in [0.3, 0.4) is 0 Å². The maximum absolute atomic E-state index is 13.2. The molecular formula is C27H28FN3O2. The van der Waals surface area contributed by atoms with Crippen LogP contribution in [0.15, 0.2) is 66.7 Å². The third-order valence-corrected chi connectivity index (χ3v) is 5.92. The monoisotopic (exact) mass is 445 g/mol. The molecule has 0 aromatic heterocycles. The average molecular weight is 446 g/mol. The summed E-state index contributed by atoms with van der Waals surface area (Å²) in [5.41, 5.74) is 5.75. The van der Waals surface area contributed by atoms with E-state index in [1.54, 1.807) is 29.2 Å². The fourth-order valence-electron chi connectivity index (χ4n) is 4.06. The minimum atomic E-state index is -0.324. The summed E-state index contributed by atoms with van der Waals surface area (Å²) in [5, 5.41) is 2.85. The van der Waals surface area contributed by atoms with Crippen molar-refractivity contribution < 1.29 is 14.0 Å². The molecule has 0 bridgehead atoms. The van der Waals surface area contributed by atoms with Crippen LogP contribution in [0.5, 0.6) is 0 Å². The number of carbonyl (C=O) groups excluding carboxylic acids is 2. The van der Waals surface area contributed by atoms with Crippen LogP contribution in [-0.2, 0) is 17.8 Å². The lowest BCUT2D eigenvalue weighted by Gasteiger charge is -2.36. The third kappa shape index (κ3) is 5.58. The minimum Gasteiger partial charge on any atom is -0.326 e. The van der Waals surface area contributed by atoms with Crippen LogP contribution >= 0.6 is 0 Å². The van der Waals surface area contributed by atoms with Gasteiger partial charge in [-0.05, 0) is 73.4 Å². The van der Waals surface area contributed by atoms with Crippen LogP contribution in [-0.4, -0.2) is 29.9 Å². The van der Waals surface area contributed by atoms with Gasteiger partial charge >= 0.3 is 6.03 Å². The summed E-state index contributed by atoms with van der Waals surface area (Å²) in [6.07, 6.45) is 1.06. The van der Waals surface area contributed by atoms with Gasteiger partial charge in [0.2, 0.25) is 5.91 Å². The summed E-state index contributed by atoms with van der Waals surface area (Å²) >= 11 is 0. The van der Waals surface area contributed by atoms with Crippen molar-refractivity contribution in [2.75, 3.05) is 23.3 Å². The van der Waals surface area contributed by atoms with E-state index < -0.39 is 0 Å². The topological polar surface area (TPSA) is 52.6 Å². The van der Waals surface area contributed by atoms with Gasteiger partial charge in [-0.25, -0.2) is 9.18 Å². The molecule has 1 heterocycles. The molecule has 3 aromatic carbocycles. The summed E-state index contributed by atoms with van der Waals surface area (Å²) in [4.78, 5) is 29.2. The molecule has 1 aliphatic heterocycles. The first-order chi connectivity index (χ1) is 15.9. The summed E-state index contributed by atoms with van der Waals surface area (Å²) in [6.45, 7) is 6.14. The lowest BCUT2D eigenvalue weighted by molar-refractivity contribution is -0.115. The molecule has 1 saturated heterocycles. The highest BCUT2D eigenvalue weighted by Gasteiger charge is 2.27. The fourth-order valence-corrected chi connectivity index (χ4v) is 4.06. The van der Waals surface area contributed by atoms with Crippen LogP contribution < -0.4 is 10.2 Å². The van der Waals surface area contributed by atoms with Gasteiger partial charge in [0, 0.05) is 31.0 Å². The largest absolute Gasteiger partial charge is 0.326 e. The number of anilines is 2. The Bertz CT molecular complexity index is 1140. The van der Waals surface area contributed by atoms with Gasteiger partial charge in [-0.3, -0.25) is 9.69 Å². The number of nitrogens with zero attached hydrogens (tertiary/aromatic N) is 2. The van der Waals surface area contributed by atoms with E-state index in [2.05, 4.69) is 37.4 Å². The van der Waals surface area contributed by atoms with Gasteiger partial charge in [-0.2, -0.15) is 0 Å². The number of hydrogen-bond acceptors (Lipinski definition) is 2. The van der Waals surface area contributed by atoms with Gasteiger partial charge in [0.1, 0.15) is 5.82 Å². The Morgan fingerprint density at radius 2 is 1.70 bits per heavy atom. The van der Waals surface area contributed by atoms with Crippen molar-refractivity contribution in [3.63, 3.8) is 0 Å². The molecule has 1 aliphatic rings. The summed E-state index contributed by atoms with van der Waals surface area (Å²) in [6, 6.07) is 19.5. The zero-order valence-corrected chi connectivity index (χ0v) is 19.0. The zero-order valence-electron chi connectivity index (χ0n) is 19.0. The lowest BCUT2D eigenvalue weighted by Crippen LogP contribution is -2.49. The maximum atomic E-state index is 13.2. The van der Waals surface area contributed by atoms with Crippen molar-refractivity contribution in [1.82, 2.24) is 4.90 Å². The van der Waals surface area contributed by atoms with Gasteiger partial charge in [-0.1, -0.05) is 35.9 Å². The van der Waals surface area contributed by atoms with E-state index in [1.165, 1.54) is 28.8 Å². The van der Waals surface area contributed by atoms with E-state index in [4.69, 9.17) is 0 Å². The second-order valence-corrected chi connectivity index (χ2v) is 8.54. The number of rotatable bonds is 6. The van der Waals surface area contributed by atoms with E-state index in [9.17, 15) is 14.0 Å². The van der Waals surface area contributed by atoms with E-state index >= 15 is 0 Å². The zero-order chi connectivity index (χ0) is 23.4. The van der Waals surface area contributed by atoms with E-state index in [-0.39, 0.29) is 24.2 Å². The third-order valence-electron chi connectivity index (χ3n) is 5.92. The smallest absolute Gasteiger partial charge is 0.324 e. The molecule has 0 saturated carbocycles. The van der Waals surface area contributed by atoms with E-state index in [0.717, 1.165) is 24.2 Å². The van der Waals surface area contributed by atoms with Gasteiger partial charge in [-0.15, -0.1) is 0 Å². The summed E-state index contributed by atoms with van der Waals surface area (Å²) in [7, 11) is 0. The Morgan fingerprint density at radius 1 is 0.970 bits per heavy atom. The summed E-state index contributed by atoms with van der Waals surface area (Å²) < 4.78 is 13.0. The second kappa shape index (κ2) is 9.86. The molecular weight excluding hydrogens is 417 g/mol. The minimum absolute atomic E-state index is 0.00440. The molecule has 0 radical (unpaired) electrons. The first-order valence-corrected chi connectivity index (χ1v) is 11.2. The number of carbonyl (C=O) groups is 2. The van der Waals surface area contributed by atoms with Gasteiger partial charge in [0.05, 0.1) is 6.42 Å². The quantitative estimate of drug-likeness (QED) is 0.548. The molecule has 3 aromatic rings. The molecule has 170 valence electrons. The Balaban J connectivity index is 1.39. The molecule has 3 amide bonds. The number of urea groups is 1. The average Bonchev–Trinajstić information content (AvgIpc) is 2.80. The molecule has 6 heteroatoms. The van der Waals surface area contributed by atoms with Crippen molar-refractivity contribution in [3.8, 4) is 0 Å². The highest BCUT2D eigenvalue weighted by Crippen LogP contribution is 2.24. The van der Waals surface area contributed by atoms with Crippen molar-refractivity contribution in [3.05, 3.63) is 94.8 Å². The molecule has 0 spiro atoms. The van der Waals surface area contributed by atoms with E-state index in [1.807, 2.05) is 17.0 Å². The lowest BCUT2D eigenvalue weighted by atomic mass is 10.0. The first kappa shape index (κ1) is 22.5. The Labute approximate surface area is 193 Å². The first-order valence-electron chi connectivity index (χ1n) is 11.2. The highest BCUT2D eigenvalue weighted by molar-refractivity contribution is 5.94. The molecule has 0 unspecified atom stereocenters. The van der Waals surface area contributed by atoms with Crippen LogP contribution in [0, 0.1) is 19.7 Å². The van der Waals surface area contributed by atoms with Gasteiger partial charge < -0.3 is 10.2 Å². The normalized spacial score (nSPS) is 13.8. The maximum Gasteiger partial charge on any atom is 0.324 e. The molecule has 5 nitrogen and oxygen atoms in total. The van der Waals surface area contributed by atoms with Crippen LogP contribution in [0.25, 0.3) is 0 Å². The van der Waals surface area contributed by atoms with Crippen LogP contribution in [0.2, 0.25) is 0 Å². The molecule has 1 N–H and O–H groups in total. The molecule has 0 aliphatic carbocycles. The molecule has 33 heavy (non-hydrogen) atoms. The van der Waals surface area contributed by atoms with Crippen molar-refractivity contribution in [2.45, 2.75) is 33.2 Å². The van der Waals surface area contributed by atoms with Crippen molar-refractivity contribution >= 4 is 23.3 Å². The van der Waals surface area contributed by atoms with Gasteiger partial charge in [0.25, 0.3) is 0 Å². The van der Waals surface area contributed by atoms with Crippen LogP contribution in [0.4, 0.5) is 20.6 Å². The Kier molecular flexibility index (Phi) is 6.73. The van der Waals surface area contributed by atoms with Gasteiger partial charge in [0.15, 0.2) is 0 Å². The Morgan fingerprint density at radius 3 is 2.42 bits per heavy atom. The second-order valence-electron chi connectivity index (χ2n) is 8.54. The predicted molar refractivity (Wildman–Crippen MR) is 129 cm³/mol. The summed E-state index contributed by atoms with van der Waals surface area (Å²) in [5.74, 6) is -0.502. The number of amides is 3. The van der Waals surface area contributed by atoms with Crippen molar-refractivity contribution in [2.24, 2.45) is 0 Å². The van der Waals surface area contributed by atoms with E-state index in [0.29, 0.717) is 18.8 Å². The highest BCUT2D eigenvalue weighted by atomic mass is 19.1. The Hall–Kier alpha value is -3.67. The standard InChI is InChI=1S/C27H28FN3O2/c1-19-4-5-20(2)22(16-19)18-30-14-3-15-31(27(30)33)25-12-10-24(11-13-25)29-26(32)17-21-6-8-23(28)9-7-21/h4-13,16H,3,14-15,17-18H2,1-2H3,(H,29,32). The molecule has 0 atom stereocenters. The molecule has 4 rings (SSSR count). The number of aryl methyl sites for hydroxylation is 2. The number of nitrogens with one attached hydrogen (secondary N) is 1. The number of hydrogen-bond donors (Lipinski definition) is 1. The fraction of sp³-hybridized carbons (Fsp3) is 0.259. The molecule has 1 fully saturated rings. The van der Waals surface area contributed by atoms with Crippen molar-refractivity contribution in [1.29, 1.82) is 0 Å². The number of benzene rings is 3. The number of halogens is 1. The SMILES string of the molecule is Cc1ccc(C)c(CN2CCCN(c3ccc(NC(=O)Cc4ccc(F)cc4)cc3)C2=O)c1.